The van der Waals surface area contributed by atoms with Crippen LogP contribution in [-0.2, 0) is 0 Å². The van der Waals surface area contributed by atoms with Gasteiger partial charge in [0.15, 0.2) is 7.59 Å². The number of hydrogen-bond acceptors (Lipinski definition) is 0. The predicted molar refractivity (Wildman–Crippen MR) is 91.4 cm³/mol. The van der Waals surface area contributed by atoms with Gasteiger partial charge in [-0.15, -0.1) is 0 Å². The van der Waals surface area contributed by atoms with Crippen molar-refractivity contribution in [2.45, 2.75) is 78.2 Å². The molecule has 0 atom stereocenters. The van der Waals surface area contributed by atoms with Gasteiger partial charge in [-0.05, 0) is 25.7 Å². The van der Waals surface area contributed by atoms with Crippen LogP contribution in [-0.4, -0.2) is 7.59 Å². The van der Waals surface area contributed by atoms with E-state index in [-0.39, 0.29) is 0 Å². The maximum Gasteiger partial charge on any atom is 0.190 e. The molecule has 0 amide bonds. The summed E-state index contributed by atoms with van der Waals surface area (Å²) in [5.74, 6) is 0. The van der Waals surface area contributed by atoms with Crippen molar-refractivity contribution in [1.29, 1.82) is 0 Å². The van der Waals surface area contributed by atoms with E-state index in [1.54, 1.807) is 0 Å². The van der Waals surface area contributed by atoms with Crippen molar-refractivity contribution >= 4 is 69.6 Å². The van der Waals surface area contributed by atoms with Crippen LogP contribution in [0.4, 0.5) is 0 Å². The maximum atomic E-state index is 5.68. The van der Waals surface area contributed by atoms with Crippen LogP contribution in [0, 0.1) is 0 Å². The van der Waals surface area contributed by atoms with E-state index in [9.17, 15) is 0 Å². The van der Waals surface area contributed by atoms with Crippen LogP contribution < -0.4 is 0 Å². The van der Waals surface area contributed by atoms with E-state index in [1.165, 1.54) is 32.1 Å². The van der Waals surface area contributed by atoms with Gasteiger partial charge < -0.3 is 0 Å². The number of rotatable bonds is 10. The Hall–Kier alpha value is 1.74. The second-order valence-electron chi connectivity index (χ2n) is 4.91. The average Bonchev–Trinajstić information content (AvgIpc) is 2.22. The van der Waals surface area contributed by atoms with Crippen LogP contribution in [0.25, 0.3) is 0 Å². The Balaban J connectivity index is 3.12. The lowest BCUT2D eigenvalue weighted by atomic mass is 10.1. The monoisotopic (exact) mass is 388 g/mol. The third-order valence-electron chi connectivity index (χ3n) is 2.92. The van der Waals surface area contributed by atoms with Crippen LogP contribution in [0.2, 0.25) is 0 Å². The molecule has 0 saturated heterocycles. The number of hydrogen-bond donors (Lipinski definition) is 0. The Morgan fingerprint density at radius 1 is 0.368 bits per heavy atom. The number of alkyl halides is 6. The van der Waals surface area contributed by atoms with Crippen molar-refractivity contribution < 1.29 is 0 Å². The molecule has 0 rings (SSSR count). The molecule has 0 N–H and O–H groups in total. The lowest BCUT2D eigenvalue weighted by molar-refractivity contribution is 0.548. The molecular formula is C13H22Cl6. The second-order valence-corrected chi connectivity index (χ2v) is 9.94. The lowest BCUT2D eigenvalue weighted by Gasteiger charge is -2.10. The van der Waals surface area contributed by atoms with Gasteiger partial charge in [0.2, 0.25) is 0 Å². The standard InChI is InChI=1S/C13H22Cl6/c14-12(15,16)10-8-6-4-2-1-3-5-7-9-11-13(17,18)19/h1-11H2. The molecule has 0 unspecified atom stereocenters. The molecule has 0 aromatic heterocycles. The summed E-state index contributed by atoms with van der Waals surface area (Å²) < 4.78 is -2.16. The summed E-state index contributed by atoms with van der Waals surface area (Å²) in [6.45, 7) is 0. The highest BCUT2D eigenvalue weighted by atomic mass is 35.6. The van der Waals surface area contributed by atoms with Crippen molar-refractivity contribution in [3.8, 4) is 0 Å². The van der Waals surface area contributed by atoms with Gasteiger partial charge in [0.05, 0.1) is 0 Å². The number of halogens is 6. The molecule has 0 aliphatic rings. The van der Waals surface area contributed by atoms with Crippen LogP contribution in [0.3, 0.4) is 0 Å². The highest BCUT2D eigenvalue weighted by Crippen LogP contribution is 2.33. The summed E-state index contributed by atoms with van der Waals surface area (Å²) in [5.41, 5.74) is 0. The molecule has 0 aromatic carbocycles. The molecule has 0 heterocycles. The summed E-state index contributed by atoms with van der Waals surface area (Å²) in [6, 6.07) is 0. The first kappa shape index (κ1) is 20.7. The van der Waals surface area contributed by atoms with Crippen LogP contribution in [0.5, 0.6) is 0 Å². The summed E-state index contributed by atoms with van der Waals surface area (Å²) in [7, 11) is 0. The summed E-state index contributed by atoms with van der Waals surface area (Å²) in [6.07, 6.45) is 11.8. The zero-order valence-corrected chi connectivity index (χ0v) is 15.6. The van der Waals surface area contributed by atoms with Gasteiger partial charge >= 0.3 is 0 Å². The summed E-state index contributed by atoms with van der Waals surface area (Å²) in [5, 5.41) is 0. The van der Waals surface area contributed by atoms with Crippen molar-refractivity contribution in [1.82, 2.24) is 0 Å². The summed E-state index contributed by atoms with van der Waals surface area (Å²) >= 11 is 34.1. The largest absolute Gasteiger partial charge is 0.190 e. The van der Waals surface area contributed by atoms with Gasteiger partial charge in [0.25, 0.3) is 0 Å². The molecule has 0 aliphatic carbocycles. The molecule has 0 nitrogen and oxygen atoms in total. The smallest absolute Gasteiger partial charge is 0.0837 e. The zero-order valence-electron chi connectivity index (χ0n) is 11.0. The van der Waals surface area contributed by atoms with Gasteiger partial charge in [-0.25, -0.2) is 0 Å². The Morgan fingerprint density at radius 3 is 0.789 bits per heavy atom. The summed E-state index contributed by atoms with van der Waals surface area (Å²) in [4.78, 5) is 0. The second kappa shape index (κ2) is 11.3. The molecule has 0 saturated carbocycles. The van der Waals surface area contributed by atoms with E-state index in [0.717, 1.165) is 25.7 Å². The topological polar surface area (TPSA) is 0 Å². The molecule has 0 aliphatic heterocycles. The minimum absolute atomic E-state index is 0.648. The van der Waals surface area contributed by atoms with Gasteiger partial charge in [0.1, 0.15) is 0 Å². The van der Waals surface area contributed by atoms with E-state index < -0.39 is 7.59 Å². The number of unbranched alkanes of at least 4 members (excludes halogenated alkanes) is 8. The van der Waals surface area contributed by atoms with Gasteiger partial charge in [-0.2, -0.15) is 0 Å². The first-order chi connectivity index (χ1) is 8.71. The third-order valence-corrected chi connectivity index (χ3v) is 4.05. The predicted octanol–water partition coefficient (Wildman–Crippen LogP) is 8.02. The lowest BCUT2D eigenvalue weighted by Crippen LogP contribution is -2.00. The molecule has 0 aromatic rings. The van der Waals surface area contributed by atoms with E-state index >= 15 is 0 Å². The van der Waals surface area contributed by atoms with Crippen molar-refractivity contribution in [3.63, 3.8) is 0 Å². The van der Waals surface area contributed by atoms with Crippen molar-refractivity contribution in [2.75, 3.05) is 0 Å². The van der Waals surface area contributed by atoms with E-state index in [0.29, 0.717) is 12.8 Å². The minimum Gasteiger partial charge on any atom is -0.0837 e. The Kier molecular flexibility index (Phi) is 12.4. The SMILES string of the molecule is ClC(Cl)(Cl)CCCCCCCCCCCC(Cl)(Cl)Cl. The molecular weight excluding hydrogens is 369 g/mol. The van der Waals surface area contributed by atoms with Crippen LogP contribution in [0.15, 0.2) is 0 Å². The normalized spacial score (nSPS) is 12.9. The van der Waals surface area contributed by atoms with E-state index in [1.807, 2.05) is 0 Å². The Labute approximate surface area is 147 Å². The quantitative estimate of drug-likeness (QED) is 0.261. The highest BCUT2D eigenvalue weighted by Gasteiger charge is 2.18. The van der Waals surface area contributed by atoms with Gasteiger partial charge in [-0.3, -0.25) is 0 Å². The van der Waals surface area contributed by atoms with Crippen LogP contribution in [0.1, 0.15) is 70.6 Å². The van der Waals surface area contributed by atoms with Crippen LogP contribution >= 0.6 is 69.6 Å². The molecule has 6 heteroatoms. The van der Waals surface area contributed by atoms with Crippen molar-refractivity contribution in [3.05, 3.63) is 0 Å². The van der Waals surface area contributed by atoms with Crippen molar-refractivity contribution in [2.24, 2.45) is 0 Å². The van der Waals surface area contributed by atoms with Gasteiger partial charge in [-0.1, -0.05) is 115 Å². The first-order valence-electron chi connectivity index (χ1n) is 6.84. The Bertz CT molecular complexity index is 184. The highest BCUT2D eigenvalue weighted by molar-refractivity contribution is 6.67. The Morgan fingerprint density at radius 2 is 0.579 bits per heavy atom. The molecule has 0 fully saturated rings. The van der Waals surface area contributed by atoms with Gasteiger partial charge in [0, 0.05) is 0 Å². The third kappa shape index (κ3) is 19.7. The fourth-order valence-corrected chi connectivity index (χ4v) is 2.69. The minimum atomic E-state index is -1.08. The zero-order chi connectivity index (χ0) is 14.8. The average molecular weight is 391 g/mol. The molecule has 116 valence electrons. The molecule has 0 spiro atoms. The molecule has 0 bridgehead atoms. The van der Waals surface area contributed by atoms with E-state index in [2.05, 4.69) is 0 Å². The first-order valence-corrected chi connectivity index (χ1v) is 9.11. The van der Waals surface area contributed by atoms with E-state index in [4.69, 9.17) is 69.6 Å². The molecule has 0 radical (unpaired) electrons. The molecule has 19 heavy (non-hydrogen) atoms. The maximum absolute atomic E-state index is 5.68. The fourth-order valence-electron chi connectivity index (χ4n) is 1.89. The fraction of sp³-hybridized carbons (Fsp3) is 1.00.